The first-order chi connectivity index (χ1) is 11.4. The van der Waals surface area contributed by atoms with E-state index in [0.717, 1.165) is 12.1 Å². The standard InChI is InChI=1S/C16H13F3N2O3/c17-16(18,19)10-1-3-11(4-2-10)21-15(22)8-20-12-5-6-13-14(7-12)24-9-23-13/h1-7,20H,8-9H2,(H,21,22). The van der Waals surface area contributed by atoms with Crippen LogP contribution in [-0.2, 0) is 11.0 Å². The zero-order valence-electron chi connectivity index (χ0n) is 12.3. The highest BCUT2D eigenvalue weighted by Gasteiger charge is 2.29. The number of carbonyl (C=O) groups is 1. The van der Waals surface area contributed by atoms with Crippen LogP contribution in [0.2, 0.25) is 0 Å². The molecule has 1 amide bonds. The third-order valence-corrected chi connectivity index (χ3v) is 3.32. The fourth-order valence-electron chi connectivity index (χ4n) is 2.14. The summed E-state index contributed by atoms with van der Waals surface area (Å²) in [6.07, 6.45) is -4.40. The fourth-order valence-corrected chi connectivity index (χ4v) is 2.14. The topological polar surface area (TPSA) is 59.6 Å². The van der Waals surface area contributed by atoms with Gasteiger partial charge < -0.3 is 20.1 Å². The van der Waals surface area contributed by atoms with Gasteiger partial charge in [0.25, 0.3) is 0 Å². The second-order valence-electron chi connectivity index (χ2n) is 5.04. The fraction of sp³-hybridized carbons (Fsp3) is 0.188. The predicted molar refractivity (Wildman–Crippen MR) is 81.1 cm³/mol. The average molecular weight is 338 g/mol. The van der Waals surface area contributed by atoms with Crippen molar-refractivity contribution in [2.24, 2.45) is 0 Å². The number of carbonyl (C=O) groups excluding carboxylic acids is 1. The molecule has 0 radical (unpaired) electrons. The maximum atomic E-state index is 12.5. The molecule has 0 aromatic heterocycles. The van der Waals surface area contributed by atoms with E-state index in [1.165, 1.54) is 12.1 Å². The van der Waals surface area contributed by atoms with Gasteiger partial charge in [0.05, 0.1) is 12.1 Å². The van der Waals surface area contributed by atoms with Gasteiger partial charge in [-0.25, -0.2) is 0 Å². The molecule has 0 saturated heterocycles. The molecule has 8 heteroatoms. The average Bonchev–Trinajstić information content (AvgIpc) is 3.00. The monoisotopic (exact) mass is 338 g/mol. The number of nitrogens with one attached hydrogen (secondary N) is 2. The third-order valence-electron chi connectivity index (χ3n) is 3.32. The molecule has 2 N–H and O–H groups in total. The molecule has 1 aliphatic heterocycles. The molecule has 0 fully saturated rings. The lowest BCUT2D eigenvalue weighted by Crippen LogP contribution is -2.21. The van der Waals surface area contributed by atoms with Crippen LogP contribution < -0.4 is 20.1 Å². The number of amides is 1. The number of benzene rings is 2. The SMILES string of the molecule is O=C(CNc1ccc2c(c1)OCO2)Nc1ccc(C(F)(F)F)cc1. The largest absolute Gasteiger partial charge is 0.454 e. The smallest absolute Gasteiger partial charge is 0.416 e. The number of halogens is 3. The Balaban J connectivity index is 1.54. The van der Waals surface area contributed by atoms with E-state index in [0.29, 0.717) is 22.9 Å². The number of anilines is 2. The van der Waals surface area contributed by atoms with E-state index in [1.54, 1.807) is 18.2 Å². The van der Waals surface area contributed by atoms with E-state index in [-0.39, 0.29) is 19.2 Å². The molecule has 1 aliphatic rings. The maximum absolute atomic E-state index is 12.5. The normalized spacial score (nSPS) is 12.8. The van der Waals surface area contributed by atoms with Crippen LogP contribution in [0.1, 0.15) is 5.56 Å². The number of hydrogen-bond acceptors (Lipinski definition) is 4. The zero-order chi connectivity index (χ0) is 17.2. The van der Waals surface area contributed by atoms with Crippen molar-refractivity contribution >= 4 is 17.3 Å². The summed E-state index contributed by atoms with van der Waals surface area (Å²) in [5.74, 6) is 0.838. The summed E-state index contributed by atoms with van der Waals surface area (Å²) >= 11 is 0. The molecule has 126 valence electrons. The lowest BCUT2D eigenvalue weighted by atomic mass is 10.2. The molecule has 0 atom stereocenters. The van der Waals surface area contributed by atoms with Crippen LogP contribution in [0.5, 0.6) is 11.5 Å². The number of hydrogen-bond donors (Lipinski definition) is 2. The Kier molecular flexibility index (Phi) is 4.20. The number of fused-ring (bicyclic) bond motifs is 1. The first kappa shape index (κ1) is 16.0. The first-order valence-corrected chi connectivity index (χ1v) is 7.02. The summed E-state index contributed by atoms with van der Waals surface area (Å²) < 4.78 is 47.8. The van der Waals surface area contributed by atoms with E-state index < -0.39 is 11.7 Å². The van der Waals surface area contributed by atoms with Crippen molar-refractivity contribution < 1.29 is 27.4 Å². The molecule has 2 aromatic rings. The predicted octanol–water partition coefficient (Wildman–Crippen LogP) is 3.48. The van der Waals surface area contributed by atoms with Crippen molar-refractivity contribution in [2.75, 3.05) is 24.0 Å². The second kappa shape index (κ2) is 6.31. The lowest BCUT2D eigenvalue weighted by molar-refractivity contribution is -0.137. The van der Waals surface area contributed by atoms with Crippen LogP contribution in [0.3, 0.4) is 0 Å². The Morgan fingerprint density at radius 3 is 2.38 bits per heavy atom. The molecule has 24 heavy (non-hydrogen) atoms. The number of rotatable bonds is 4. The summed E-state index contributed by atoms with van der Waals surface area (Å²) in [5.41, 5.74) is 0.196. The summed E-state index contributed by atoms with van der Waals surface area (Å²) in [4.78, 5) is 11.8. The van der Waals surface area contributed by atoms with Gasteiger partial charge in [0.15, 0.2) is 11.5 Å². The minimum atomic E-state index is -4.40. The van der Waals surface area contributed by atoms with E-state index in [9.17, 15) is 18.0 Å². The van der Waals surface area contributed by atoms with Crippen LogP contribution in [0.15, 0.2) is 42.5 Å². The summed E-state index contributed by atoms with van der Waals surface area (Å²) in [6.45, 7) is 0.119. The van der Waals surface area contributed by atoms with Crippen LogP contribution in [0.4, 0.5) is 24.5 Å². The van der Waals surface area contributed by atoms with Gasteiger partial charge in [-0.2, -0.15) is 13.2 Å². The molecular formula is C16H13F3N2O3. The maximum Gasteiger partial charge on any atom is 0.416 e. The summed E-state index contributed by atoms with van der Waals surface area (Å²) in [7, 11) is 0. The van der Waals surface area contributed by atoms with Gasteiger partial charge in [-0.15, -0.1) is 0 Å². The Hall–Kier alpha value is -2.90. The van der Waals surface area contributed by atoms with E-state index in [1.807, 2.05) is 0 Å². The molecule has 1 heterocycles. The van der Waals surface area contributed by atoms with Crippen LogP contribution in [0, 0.1) is 0 Å². The minimum Gasteiger partial charge on any atom is -0.454 e. The van der Waals surface area contributed by atoms with Crippen molar-refractivity contribution in [2.45, 2.75) is 6.18 Å². The van der Waals surface area contributed by atoms with Gasteiger partial charge in [-0.05, 0) is 36.4 Å². The molecular weight excluding hydrogens is 325 g/mol. The molecule has 0 spiro atoms. The van der Waals surface area contributed by atoms with Gasteiger partial charge in [0.1, 0.15) is 0 Å². The van der Waals surface area contributed by atoms with Gasteiger partial charge in [0, 0.05) is 17.4 Å². The second-order valence-corrected chi connectivity index (χ2v) is 5.04. The van der Waals surface area contributed by atoms with Crippen molar-refractivity contribution in [3.63, 3.8) is 0 Å². The highest BCUT2D eigenvalue weighted by atomic mass is 19.4. The van der Waals surface area contributed by atoms with Crippen molar-refractivity contribution in [3.05, 3.63) is 48.0 Å². The quantitative estimate of drug-likeness (QED) is 0.896. The third kappa shape index (κ3) is 3.70. The Morgan fingerprint density at radius 2 is 1.67 bits per heavy atom. The van der Waals surface area contributed by atoms with Gasteiger partial charge in [-0.1, -0.05) is 0 Å². The van der Waals surface area contributed by atoms with Gasteiger partial charge >= 0.3 is 6.18 Å². The van der Waals surface area contributed by atoms with Crippen molar-refractivity contribution in [1.82, 2.24) is 0 Å². The minimum absolute atomic E-state index is 0.0410. The van der Waals surface area contributed by atoms with Gasteiger partial charge in [0.2, 0.25) is 12.7 Å². The summed E-state index contributed by atoms with van der Waals surface area (Å²) in [5, 5.41) is 5.42. The number of ether oxygens (including phenoxy) is 2. The van der Waals surface area contributed by atoms with Crippen molar-refractivity contribution in [1.29, 1.82) is 0 Å². The zero-order valence-corrected chi connectivity index (χ0v) is 12.3. The Bertz CT molecular complexity index is 745. The summed E-state index contributed by atoms with van der Waals surface area (Å²) in [6, 6.07) is 9.41. The molecule has 0 bridgehead atoms. The van der Waals surface area contributed by atoms with Crippen LogP contribution in [0.25, 0.3) is 0 Å². The Labute approximate surface area is 135 Å². The highest BCUT2D eigenvalue weighted by Crippen LogP contribution is 2.34. The van der Waals surface area contributed by atoms with Gasteiger partial charge in [-0.3, -0.25) is 4.79 Å². The number of alkyl halides is 3. The Morgan fingerprint density at radius 1 is 1.00 bits per heavy atom. The molecule has 0 aliphatic carbocycles. The van der Waals surface area contributed by atoms with E-state index in [4.69, 9.17) is 9.47 Å². The lowest BCUT2D eigenvalue weighted by Gasteiger charge is -2.10. The van der Waals surface area contributed by atoms with Crippen LogP contribution in [-0.4, -0.2) is 19.2 Å². The first-order valence-electron chi connectivity index (χ1n) is 7.02. The van der Waals surface area contributed by atoms with Crippen molar-refractivity contribution in [3.8, 4) is 11.5 Å². The molecule has 5 nitrogen and oxygen atoms in total. The van der Waals surface area contributed by atoms with E-state index >= 15 is 0 Å². The molecule has 2 aromatic carbocycles. The molecule has 0 saturated carbocycles. The molecule has 0 unspecified atom stereocenters. The molecule has 3 rings (SSSR count). The van der Waals surface area contributed by atoms with E-state index in [2.05, 4.69) is 10.6 Å². The van der Waals surface area contributed by atoms with Crippen LogP contribution >= 0.6 is 0 Å². The highest BCUT2D eigenvalue weighted by molar-refractivity contribution is 5.93.